The maximum atomic E-state index is 11.6. The molecule has 1 rings (SSSR count). The summed E-state index contributed by atoms with van der Waals surface area (Å²) in [6.45, 7) is 2.14. The van der Waals surface area contributed by atoms with Gasteiger partial charge in [-0.2, -0.15) is 0 Å². The Morgan fingerprint density at radius 1 is 1.24 bits per heavy atom. The number of carbonyl (C=O) groups excluding carboxylic acids is 1. The minimum absolute atomic E-state index is 0.0290. The smallest absolute Gasteiger partial charge is 0.250 e. The standard InChI is InChI=1S/C14H21ClN2O4/c1-19-7-8-20-5-2-6-21-10-14(18)17-13-4-3-11(16)9-12(13)15/h3-4,9H,2,5-8,10,16H2,1H3,(H,17,18). The third-order valence-electron chi connectivity index (χ3n) is 2.51. The molecule has 1 amide bonds. The van der Waals surface area contributed by atoms with Gasteiger partial charge in [-0.3, -0.25) is 4.79 Å². The van der Waals surface area contributed by atoms with Crippen molar-refractivity contribution < 1.29 is 19.0 Å². The van der Waals surface area contributed by atoms with Crippen molar-refractivity contribution in [3.63, 3.8) is 0 Å². The van der Waals surface area contributed by atoms with Gasteiger partial charge in [-0.25, -0.2) is 0 Å². The number of hydrogen-bond donors (Lipinski definition) is 2. The Morgan fingerprint density at radius 3 is 2.71 bits per heavy atom. The Hall–Kier alpha value is -1.34. The van der Waals surface area contributed by atoms with Gasteiger partial charge in [0.2, 0.25) is 5.91 Å². The number of anilines is 2. The highest BCUT2D eigenvalue weighted by Gasteiger charge is 2.06. The monoisotopic (exact) mass is 316 g/mol. The normalized spacial score (nSPS) is 10.6. The number of nitrogens with one attached hydrogen (secondary N) is 1. The first-order valence-corrected chi connectivity index (χ1v) is 7.00. The zero-order chi connectivity index (χ0) is 15.5. The molecule has 7 heteroatoms. The number of benzene rings is 1. The van der Waals surface area contributed by atoms with E-state index in [1.165, 1.54) is 0 Å². The zero-order valence-electron chi connectivity index (χ0n) is 12.1. The SMILES string of the molecule is COCCOCCCOCC(=O)Nc1ccc(N)cc1Cl. The van der Waals surface area contributed by atoms with E-state index in [1.54, 1.807) is 25.3 Å². The minimum Gasteiger partial charge on any atom is -0.399 e. The van der Waals surface area contributed by atoms with E-state index in [0.717, 1.165) is 6.42 Å². The van der Waals surface area contributed by atoms with Gasteiger partial charge in [0.25, 0.3) is 0 Å². The number of rotatable bonds is 10. The summed E-state index contributed by atoms with van der Waals surface area (Å²) in [5, 5.41) is 3.06. The van der Waals surface area contributed by atoms with Crippen LogP contribution < -0.4 is 11.1 Å². The van der Waals surface area contributed by atoms with Crippen LogP contribution in [0.2, 0.25) is 5.02 Å². The number of nitrogen functional groups attached to an aromatic ring is 1. The lowest BCUT2D eigenvalue weighted by molar-refractivity contribution is -0.120. The molecule has 0 aliphatic rings. The van der Waals surface area contributed by atoms with Gasteiger partial charge in [0.15, 0.2) is 0 Å². The van der Waals surface area contributed by atoms with Crippen molar-refractivity contribution in [2.75, 3.05) is 51.2 Å². The average Bonchev–Trinajstić information content (AvgIpc) is 2.45. The van der Waals surface area contributed by atoms with E-state index in [0.29, 0.717) is 42.8 Å². The molecule has 0 atom stereocenters. The van der Waals surface area contributed by atoms with Crippen LogP contribution in [0.15, 0.2) is 18.2 Å². The van der Waals surface area contributed by atoms with Crippen molar-refractivity contribution in [2.24, 2.45) is 0 Å². The average molecular weight is 317 g/mol. The van der Waals surface area contributed by atoms with Crippen molar-refractivity contribution >= 4 is 28.9 Å². The van der Waals surface area contributed by atoms with Gasteiger partial charge in [-0.15, -0.1) is 0 Å². The van der Waals surface area contributed by atoms with Crippen molar-refractivity contribution in [2.45, 2.75) is 6.42 Å². The first kappa shape index (κ1) is 17.7. The lowest BCUT2D eigenvalue weighted by atomic mass is 10.3. The number of halogens is 1. The third-order valence-corrected chi connectivity index (χ3v) is 2.82. The van der Waals surface area contributed by atoms with Gasteiger partial charge >= 0.3 is 0 Å². The number of hydrogen-bond acceptors (Lipinski definition) is 5. The highest BCUT2D eigenvalue weighted by Crippen LogP contribution is 2.23. The van der Waals surface area contributed by atoms with Gasteiger partial charge in [0.1, 0.15) is 6.61 Å². The second-order valence-electron chi connectivity index (χ2n) is 4.30. The molecule has 3 N–H and O–H groups in total. The molecule has 21 heavy (non-hydrogen) atoms. The molecule has 0 radical (unpaired) electrons. The van der Waals surface area contributed by atoms with Gasteiger partial charge in [-0.1, -0.05) is 11.6 Å². The van der Waals surface area contributed by atoms with Gasteiger partial charge in [0, 0.05) is 26.0 Å². The van der Waals surface area contributed by atoms with E-state index in [1.807, 2.05) is 0 Å². The number of methoxy groups -OCH3 is 1. The fourth-order valence-electron chi connectivity index (χ4n) is 1.49. The molecule has 0 heterocycles. The van der Waals surface area contributed by atoms with Crippen LogP contribution in [0.5, 0.6) is 0 Å². The van der Waals surface area contributed by atoms with Crippen LogP contribution in [-0.2, 0) is 19.0 Å². The zero-order valence-corrected chi connectivity index (χ0v) is 12.8. The van der Waals surface area contributed by atoms with Crippen LogP contribution in [0, 0.1) is 0 Å². The predicted molar refractivity (Wildman–Crippen MR) is 82.6 cm³/mol. The highest BCUT2D eigenvalue weighted by atomic mass is 35.5. The molecule has 0 saturated heterocycles. The summed E-state index contributed by atoms with van der Waals surface area (Å²) in [4.78, 5) is 11.6. The van der Waals surface area contributed by atoms with Crippen molar-refractivity contribution in [1.82, 2.24) is 0 Å². The van der Waals surface area contributed by atoms with E-state index in [4.69, 9.17) is 31.5 Å². The lowest BCUT2D eigenvalue weighted by Crippen LogP contribution is -2.19. The Balaban J connectivity index is 2.11. The van der Waals surface area contributed by atoms with E-state index in [2.05, 4.69) is 5.32 Å². The van der Waals surface area contributed by atoms with Crippen molar-refractivity contribution in [3.05, 3.63) is 23.2 Å². The summed E-state index contributed by atoms with van der Waals surface area (Å²) >= 11 is 5.96. The van der Waals surface area contributed by atoms with Crippen molar-refractivity contribution in [3.8, 4) is 0 Å². The second kappa shape index (κ2) is 10.4. The Morgan fingerprint density at radius 2 is 2.00 bits per heavy atom. The van der Waals surface area contributed by atoms with Crippen LogP contribution in [0.1, 0.15) is 6.42 Å². The molecule has 0 fully saturated rings. The van der Waals surface area contributed by atoms with Gasteiger partial charge in [0.05, 0.1) is 23.9 Å². The highest BCUT2D eigenvalue weighted by molar-refractivity contribution is 6.34. The maximum Gasteiger partial charge on any atom is 0.250 e. The van der Waals surface area contributed by atoms with Gasteiger partial charge in [-0.05, 0) is 24.6 Å². The summed E-state index contributed by atoms with van der Waals surface area (Å²) in [5.41, 5.74) is 6.63. The fourth-order valence-corrected chi connectivity index (χ4v) is 1.73. The molecule has 118 valence electrons. The molecule has 0 saturated carbocycles. The van der Waals surface area contributed by atoms with E-state index in [-0.39, 0.29) is 12.5 Å². The fraction of sp³-hybridized carbons (Fsp3) is 0.500. The third kappa shape index (κ3) is 7.87. The molecular weight excluding hydrogens is 296 g/mol. The summed E-state index contributed by atoms with van der Waals surface area (Å²) < 4.78 is 15.4. The van der Waals surface area contributed by atoms with E-state index >= 15 is 0 Å². The van der Waals surface area contributed by atoms with Crippen LogP contribution in [-0.4, -0.2) is 46.1 Å². The van der Waals surface area contributed by atoms with E-state index < -0.39 is 0 Å². The molecule has 0 aliphatic heterocycles. The largest absolute Gasteiger partial charge is 0.399 e. The van der Waals surface area contributed by atoms with Crippen molar-refractivity contribution in [1.29, 1.82) is 0 Å². The molecule has 0 spiro atoms. The number of carbonyl (C=O) groups is 1. The molecule has 1 aromatic rings. The summed E-state index contributed by atoms with van der Waals surface area (Å²) in [5.74, 6) is -0.262. The molecule has 0 bridgehead atoms. The second-order valence-corrected chi connectivity index (χ2v) is 4.71. The number of amides is 1. The summed E-state index contributed by atoms with van der Waals surface area (Å²) in [6.07, 6.45) is 0.722. The molecule has 0 aliphatic carbocycles. The Kier molecular flexibility index (Phi) is 8.77. The molecular formula is C14H21ClN2O4. The summed E-state index contributed by atoms with van der Waals surface area (Å²) in [7, 11) is 1.62. The minimum atomic E-state index is -0.262. The maximum absolute atomic E-state index is 11.6. The topological polar surface area (TPSA) is 82.8 Å². The van der Waals surface area contributed by atoms with Crippen LogP contribution in [0.25, 0.3) is 0 Å². The quantitative estimate of drug-likeness (QED) is 0.509. The molecule has 0 aromatic heterocycles. The predicted octanol–water partition coefficient (Wildman–Crippen LogP) is 1.93. The Bertz CT molecular complexity index is 443. The number of nitrogens with two attached hydrogens (primary N) is 1. The van der Waals surface area contributed by atoms with Crippen LogP contribution >= 0.6 is 11.6 Å². The van der Waals surface area contributed by atoms with Crippen LogP contribution in [0.3, 0.4) is 0 Å². The lowest BCUT2D eigenvalue weighted by Gasteiger charge is -2.08. The first-order chi connectivity index (χ1) is 10.1. The van der Waals surface area contributed by atoms with Gasteiger partial charge < -0.3 is 25.3 Å². The Labute approximate surface area is 129 Å². The van der Waals surface area contributed by atoms with Crippen LogP contribution in [0.4, 0.5) is 11.4 Å². The number of ether oxygens (including phenoxy) is 3. The molecule has 6 nitrogen and oxygen atoms in total. The summed E-state index contributed by atoms with van der Waals surface area (Å²) in [6, 6.07) is 4.90. The molecule has 0 unspecified atom stereocenters. The first-order valence-electron chi connectivity index (χ1n) is 6.62. The molecule has 1 aromatic carbocycles. The van der Waals surface area contributed by atoms with E-state index in [9.17, 15) is 4.79 Å².